The van der Waals surface area contributed by atoms with E-state index in [4.69, 9.17) is 0 Å². The van der Waals surface area contributed by atoms with Crippen LogP contribution in [0.5, 0.6) is 0 Å². The average molecular weight is 247 g/mol. The number of nitrogens with zero attached hydrogens (tertiary/aromatic N) is 1. The van der Waals surface area contributed by atoms with Crippen molar-refractivity contribution < 1.29 is 4.79 Å². The van der Waals surface area contributed by atoms with Gasteiger partial charge in [0.25, 0.3) is 0 Å². The van der Waals surface area contributed by atoms with Crippen molar-refractivity contribution in [3.63, 3.8) is 0 Å². The fourth-order valence-electron chi connectivity index (χ4n) is 0.645. The Bertz CT molecular complexity index is 237. The van der Waals surface area contributed by atoms with Gasteiger partial charge in [0, 0.05) is 22.4 Å². The van der Waals surface area contributed by atoms with Crippen LogP contribution in [-0.4, -0.2) is 11.3 Å². The molecule has 2 nitrogen and oxygen atoms in total. The summed E-state index contributed by atoms with van der Waals surface area (Å²) in [6, 6.07) is 1.84. The minimum atomic E-state index is 0.647. The maximum atomic E-state index is 10.2. The first-order chi connectivity index (χ1) is 4.86. The quantitative estimate of drug-likeness (QED) is 0.453. The number of halogens is 1. The van der Waals surface area contributed by atoms with Gasteiger partial charge in [0.15, 0.2) is 6.29 Å². The van der Waals surface area contributed by atoms with Crippen LogP contribution in [-0.2, 0) is 4.43 Å². The minimum Gasteiger partial charge on any atom is -0.298 e. The van der Waals surface area contributed by atoms with Crippen molar-refractivity contribution in [3.8, 4) is 0 Å². The number of rotatable bonds is 2. The Morgan fingerprint density at radius 1 is 1.60 bits per heavy atom. The Labute approximate surface area is 72.8 Å². The molecule has 0 unspecified atom stereocenters. The molecule has 0 saturated carbocycles. The van der Waals surface area contributed by atoms with E-state index < -0.39 is 0 Å². The number of aromatic nitrogens is 1. The van der Waals surface area contributed by atoms with Gasteiger partial charge in [-0.1, -0.05) is 22.6 Å². The predicted molar refractivity (Wildman–Crippen MR) is 47.3 cm³/mol. The second-order valence-electron chi connectivity index (χ2n) is 1.88. The van der Waals surface area contributed by atoms with Crippen molar-refractivity contribution in [1.29, 1.82) is 0 Å². The molecule has 3 heteroatoms. The molecule has 0 aliphatic carbocycles. The maximum Gasteiger partial charge on any atom is 0.151 e. The molecule has 0 aliphatic heterocycles. The predicted octanol–water partition coefficient (Wildman–Crippen LogP) is 1.83. The van der Waals surface area contributed by atoms with E-state index in [0.717, 1.165) is 16.3 Å². The van der Waals surface area contributed by atoms with Crippen LogP contribution in [0.4, 0.5) is 0 Å². The zero-order chi connectivity index (χ0) is 7.40. The molecule has 0 N–H and O–H groups in total. The Hall–Kier alpha value is -0.450. The van der Waals surface area contributed by atoms with Crippen LogP contribution >= 0.6 is 22.6 Å². The number of hydrogen-bond donors (Lipinski definition) is 0. The van der Waals surface area contributed by atoms with Gasteiger partial charge in [0.05, 0.1) is 0 Å². The molecule has 0 spiro atoms. The first-order valence-corrected chi connectivity index (χ1v) is 4.34. The summed E-state index contributed by atoms with van der Waals surface area (Å²) in [4.78, 5) is 14.1. The van der Waals surface area contributed by atoms with E-state index in [1.54, 1.807) is 12.4 Å². The lowest BCUT2D eigenvalue weighted by molar-refractivity contribution is 0.112. The number of alkyl halides is 1. The lowest BCUT2D eigenvalue weighted by Crippen LogP contribution is -1.85. The summed E-state index contributed by atoms with van der Waals surface area (Å²) >= 11 is 2.23. The van der Waals surface area contributed by atoms with Crippen LogP contribution in [0, 0.1) is 0 Å². The fourth-order valence-corrected chi connectivity index (χ4v) is 1.06. The maximum absolute atomic E-state index is 10.2. The highest BCUT2D eigenvalue weighted by atomic mass is 127. The summed E-state index contributed by atoms with van der Waals surface area (Å²) in [6.07, 6.45) is 4.13. The van der Waals surface area contributed by atoms with Crippen LogP contribution in [0.1, 0.15) is 15.9 Å². The number of carbonyl (C=O) groups is 1. The van der Waals surface area contributed by atoms with Crippen molar-refractivity contribution in [2.24, 2.45) is 0 Å². The van der Waals surface area contributed by atoms with Crippen molar-refractivity contribution in [2.45, 2.75) is 4.43 Å². The smallest absolute Gasteiger partial charge is 0.151 e. The van der Waals surface area contributed by atoms with E-state index in [0.29, 0.717) is 5.56 Å². The highest BCUT2D eigenvalue weighted by Gasteiger charge is 1.91. The molecule has 0 saturated heterocycles. The van der Waals surface area contributed by atoms with E-state index in [2.05, 4.69) is 27.6 Å². The molecular formula is C7H6INO. The van der Waals surface area contributed by atoms with Crippen molar-refractivity contribution in [1.82, 2.24) is 4.98 Å². The molecule has 1 aromatic heterocycles. The Balaban J connectivity index is 2.98. The third-order valence-corrected chi connectivity index (χ3v) is 1.99. The molecule has 0 atom stereocenters. The average Bonchev–Trinajstić information content (AvgIpc) is 2.05. The van der Waals surface area contributed by atoms with Gasteiger partial charge < -0.3 is 0 Å². The summed E-state index contributed by atoms with van der Waals surface area (Å²) in [5.41, 5.74) is 1.74. The third-order valence-electron chi connectivity index (χ3n) is 1.11. The highest BCUT2D eigenvalue weighted by Crippen LogP contribution is 2.04. The summed E-state index contributed by atoms with van der Waals surface area (Å²) in [7, 11) is 0. The van der Waals surface area contributed by atoms with Crippen LogP contribution in [0.3, 0.4) is 0 Å². The molecule has 0 fully saturated rings. The monoisotopic (exact) mass is 247 g/mol. The van der Waals surface area contributed by atoms with Gasteiger partial charge in [-0.25, -0.2) is 0 Å². The van der Waals surface area contributed by atoms with Crippen LogP contribution in [0.2, 0.25) is 0 Å². The Kier molecular flexibility index (Phi) is 2.80. The minimum absolute atomic E-state index is 0.647. The number of hydrogen-bond acceptors (Lipinski definition) is 2. The first-order valence-electron chi connectivity index (χ1n) is 2.82. The molecule has 1 heterocycles. The van der Waals surface area contributed by atoms with Gasteiger partial charge in [-0.3, -0.25) is 9.78 Å². The number of aldehydes is 1. The van der Waals surface area contributed by atoms with E-state index in [1.165, 1.54) is 0 Å². The molecule has 1 aromatic rings. The lowest BCUT2D eigenvalue weighted by Gasteiger charge is -1.92. The summed E-state index contributed by atoms with van der Waals surface area (Å²) < 4.78 is 0.895. The zero-order valence-electron chi connectivity index (χ0n) is 5.25. The topological polar surface area (TPSA) is 30.0 Å². The van der Waals surface area contributed by atoms with Crippen LogP contribution in [0.25, 0.3) is 0 Å². The molecule has 10 heavy (non-hydrogen) atoms. The van der Waals surface area contributed by atoms with E-state index in [9.17, 15) is 4.79 Å². The lowest BCUT2D eigenvalue weighted by atomic mass is 10.2. The molecule has 0 aliphatic rings. The van der Waals surface area contributed by atoms with Gasteiger partial charge >= 0.3 is 0 Å². The second-order valence-corrected chi connectivity index (χ2v) is 2.64. The van der Waals surface area contributed by atoms with Gasteiger partial charge in [-0.15, -0.1) is 0 Å². The molecule has 52 valence electrons. The van der Waals surface area contributed by atoms with Crippen molar-refractivity contribution in [2.75, 3.05) is 0 Å². The summed E-state index contributed by atoms with van der Waals surface area (Å²) in [5.74, 6) is 0. The van der Waals surface area contributed by atoms with Gasteiger partial charge in [0.2, 0.25) is 0 Å². The van der Waals surface area contributed by atoms with E-state index in [1.807, 2.05) is 6.07 Å². The SMILES string of the molecule is O=Cc1cncc(CI)c1. The van der Waals surface area contributed by atoms with Crippen molar-refractivity contribution in [3.05, 3.63) is 29.6 Å². The Morgan fingerprint density at radius 3 is 3.00 bits per heavy atom. The van der Waals surface area contributed by atoms with E-state index in [-0.39, 0.29) is 0 Å². The number of carbonyl (C=O) groups excluding carboxylic acids is 1. The molecule has 0 bridgehead atoms. The second kappa shape index (κ2) is 3.65. The van der Waals surface area contributed by atoms with E-state index >= 15 is 0 Å². The highest BCUT2D eigenvalue weighted by molar-refractivity contribution is 14.1. The first kappa shape index (κ1) is 7.65. The molecule has 0 radical (unpaired) electrons. The summed E-state index contributed by atoms with van der Waals surface area (Å²) in [6.45, 7) is 0. The van der Waals surface area contributed by atoms with Crippen LogP contribution in [0.15, 0.2) is 18.5 Å². The van der Waals surface area contributed by atoms with Gasteiger partial charge in [-0.05, 0) is 11.6 Å². The largest absolute Gasteiger partial charge is 0.298 e. The van der Waals surface area contributed by atoms with Gasteiger partial charge in [0.1, 0.15) is 0 Å². The standard InChI is InChI=1S/C7H6INO/c8-2-6-1-7(5-10)4-9-3-6/h1,3-5H,2H2. The molecule has 0 aromatic carbocycles. The van der Waals surface area contributed by atoms with Crippen molar-refractivity contribution >= 4 is 28.9 Å². The third kappa shape index (κ3) is 1.76. The molecule has 0 amide bonds. The normalized spacial score (nSPS) is 9.30. The summed E-state index contributed by atoms with van der Waals surface area (Å²) in [5, 5.41) is 0. The molecular weight excluding hydrogens is 241 g/mol. The van der Waals surface area contributed by atoms with Gasteiger partial charge in [-0.2, -0.15) is 0 Å². The fraction of sp³-hybridized carbons (Fsp3) is 0.143. The molecule has 1 rings (SSSR count). The zero-order valence-corrected chi connectivity index (χ0v) is 7.41. The number of pyridine rings is 1. The van der Waals surface area contributed by atoms with Crippen LogP contribution < -0.4 is 0 Å². The Morgan fingerprint density at radius 2 is 2.40 bits per heavy atom.